The first-order chi connectivity index (χ1) is 19.8. The van der Waals surface area contributed by atoms with Gasteiger partial charge in [-0.15, -0.1) is 0 Å². The fourth-order valence-corrected chi connectivity index (χ4v) is 8.67. The van der Waals surface area contributed by atoms with Crippen LogP contribution < -0.4 is 10.2 Å². The van der Waals surface area contributed by atoms with Gasteiger partial charge in [0.2, 0.25) is 0 Å². The maximum absolute atomic E-state index is 14.5. The van der Waals surface area contributed by atoms with Gasteiger partial charge in [-0.05, 0) is 0 Å². The van der Waals surface area contributed by atoms with Crippen LogP contribution in [0.25, 0.3) is 0 Å². The third kappa shape index (κ3) is 5.82. The fraction of sp³-hybridized carbons (Fsp3) is 0.343. The standard InChI is InChI=1S/C20H16O2.C13H17.2CH3O.Ti/c21-19(22)20(16-10-4-1-5-11-16,17-12-6-2-7-13-17)18-14-8-3-9-15-18;1-3-7-12-10(5-1)9-11-6-2-4-8-13(11)12;2*1-2;/h1-15H,(H,21,22);9H,1-8H2;2*1H3;/q;;2*-1;+3/p-1. The van der Waals surface area contributed by atoms with Crippen LogP contribution in [0.15, 0.2) is 113 Å². The van der Waals surface area contributed by atoms with Gasteiger partial charge < -0.3 is 10.2 Å². The van der Waals surface area contributed by atoms with E-state index in [1.54, 1.807) is 22.3 Å². The molecule has 6 rings (SSSR count). The van der Waals surface area contributed by atoms with Gasteiger partial charge in [-0.1, -0.05) is 0 Å². The first-order valence-electron chi connectivity index (χ1n) is 14.2. The van der Waals surface area contributed by atoms with E-state index in [2.05, 4.69) is 36.4 Å². The van der Waals surface area contributed by atoms with Crippen LogP contribution in [0, 0.1) is 0 Å². The summed E-state index contributed by atoms with van der Waals surface area (Å²) < 4.78 is 6.97. The second-order valence-corrected chi connectivity index (χ2v) is 11.8. The number of benzene rings is 3. The number of carbonyl (C=O) groups is 1. The van der Waals surface area contributed by atoms with Gasteiger partial charge in [-0.25, -0.2) is 0 Å². The van der Waals surface area contributed by atoms with Crippen molar-refractivity contribution in [1.82, 2.24) is 0 Å². The molecule has 0 atom stereocenters. The van der Waals surface area contributed by atoms with E-state index in [1.165, 1.54) is 51.4 Å². The maximum atomic E-state index is 14.5. The Morgan fingerprint density at radius 1 is 0.625 bits per heavy atom. The molecule has 0 saturated heterocycles. The van der Waals surface area contributed by atoms with E-state index in [1.807, 2.05) is 54.6 Å². The second kappa shape index (κ2) is 14.8. The summed E-state index contributed by atoms with van der Waals surface area (Å²) in [4.78, 5) is 14.5. The number of fused-ring (bicyclic) bond motifs is 1. The minimum atomic E-state index is -0.991. The number of allylic oxidation sites excluding steroid dienone is 4. The van der Waals surface area contributed by atoms with E-state index in [-0.39, 0.29) is 5.97 Å². The van der Waals surface area contributed by atoms with Crippen LogP contribution in [0.2, 0.25) is 4.22 Å². The first kappa shape index (κ1) is 30.2. The Bertz CT molecular complexity index is 1170. The normalized spacial score (nSPS) is 16.4. The molecular formula is C35H38O4Ti. The van der Waals surface area contributed by atoms with Crippen molar-refractivity contribution in [3.63, 3.8) is 0 Å². The molecule has 0 radical (unpaired) electrons. The molecule has 3 aliphatic carbocycles. The van der Waals surface area contributed by atoms with Crippen molar-refractivity contribution in [3.05, 3.63) is 130 Å². The molecule has 3 aromatic rings. The van der Waals surface area contributed by atoms with Crippen molar-refractivity contribution in [3.8, 4) is 0 Å². The summed E-state index contributed by atoms with van der Waals surface area (Å²) in [6, 6.07) is 30.6. The van der Waals surface area contributed by atoms with Crippen molar-refractivity contribution in [2.24, 2.45) is 0 Å². The van der Waals surface area contributed by atoms with E-state index < -0.39 is 25.0 Å². The van der Waals surface area contributed by atoms with Crippen LogP contribution in [0.1, 0.15) is 68.1 Å². The van der Waals surface area contributed by atoms with E-state index >= 15 is 0 Å². The molecule has 0 aliphatic heterocycles. The molecule has 0 fully saturated rings. The molecule has 0 aromatic heterocycles. The molecule has 0 heterocycles. The third-order valence-electron chi connectivity index (χ3n) is 8.28. The van der Waals surface area contributed by atoms with Gasteiger partial charge >= 0.3 is 225 Å². The van der Waals surface area contributed by atoms with Gasteiger partial charge in [-0.3, -0.25) is 0 Å². The van der Waals surface area contributed by atoms with Crippen molar-refractivity contribution in [2.45, 2.75) is 61.0 Å². The van der Waals surface area contributed by atoms with Gasteiger partial charge in [0.25, 0.3) is 0 Å². The fourth-order valence-electron chi connectivity index (χ4n) is 6.64. The predicted molar refractivity (Wildman–Crippen MR) is 152 cm³/mol. The molecule has 40 heavy (non-hydrogen) atoms. The van der Waals surface area contributed by atoms with Crippen LogP contribution in [0.5, 0.6) is 0 Å². The zero-order chi connectivity index (χ0) is 28.4. The van der Waals surface area contributed by atoms with Gasteiger partial charge in [0, 0.05) is 0 Å². The van der Waals surface area contributed by atoms with Gasteiger partial charge in [0.1, 0.15) is 0 Å². The quantitative estimate of drug-likeness (QED) is 0.267. The molecule has 0 saturated carbocycles. The molecule has 206 valence electrons. The van der Waals surface area contributed by atoms with E-state index in [9.17, 15) is 4.79 Å². The van der Waals surface area contributed by atoms with Crippen molar-refractivity contribution in [2.75, 3.05) is 14.2 Å². The Kier molecular flexibility index (Phi) is 11.1. The summed E-state index contributed by atoms with van der Waals surface area (Å²) in [5, 5.41) is 16.5. The van der Waals surface area contributed by atoms with Crippen molar-refractivity contribution < 1.29 is 37.9 Å². The second-order valence-electron chi connectivity index (χ2n) is 10.2. The molecule has 3 aromatic carbocycles. The average molecular weight is 571 g/mol. The summed E-state index contributed by atoms with van der Waals surface area (Å²) in [7, 11) is 1.50. The molecular weight excluding hydrogens is 532 g/mol. The monoisotopic (exact) mass is 570 g/mol. The van der Waals surface area contributed by atoms with Crippen LogP contribution in [-0.4, -0.2) is 20.2 Å². The number of hydrogen-bond acceptors (Lipinski definition) is 4. The minimum absolute atomic E-state index is 0.131. The van der Waals surface area contributed by atoms with Crippen LogP contribution >= 0.6 is 0 Å². The molecule has 0 bridgehead atoms. The van der Waals surface area contributed by atoms with Crippen molar-refractivity contribution >= 4 is 5.97 Å². The van der Waals surface area contributed by atoms with Crippen LogP contribution in [0.4, 0.5) is 0 Å². The summed E-state index contributed by atoms with van der Waals surface area (Å²) in [6.07, 6.45) is 10.0. The summed E-state index contributed by atoms with van der Waals surface area (Å²) in [6.45, 7) is 0. The van der Waals surface area contributed by atoms with Crippen LogP contribution in [-0.2, 0) is 33.1 Å². The number of rotatable bonds is 6. The van der Waals surface area contributed by atoms with Gasteiger partial charge in [0.05, 0.1) is 0 Å². The Balaban J connectivity index is 0.000000886. The molecule has 0 spiro atoms. The topological polar surface area (TPSA) is 72.4 Å². The molecule has 3 aliphatic rings. The average Bonchev–Trinajstić information content (AvgIpc) is 3.37. The van der Waals surface area contributed by atoms with Crippen molar-refractivity contribution in [1.29, 1.82) is 0 Å². The molecule has 5 heteroatoms. The van der Waals surface area contributed by atoms with Crippen LogP contribution in [0.3, 0.4) is 0 Å². The Morgan fingerprint density at radius 3 is 1.35 bits per heavy atom. The summed E-state index contributed by atoms with van der Waals surface area (Å²) in [5.41, 5.74) is 8.46. The Labute approximate surface area is 248 Å². The summed E-state index contributed by atoms with van der Waals surface area (Å²) in [5.74, 6) is -0.131. The summed E-state index contributed by atoms with van der Waals surface area (Å²) >= 11 is -0.991. The molecule has 0 unspecified atom stereocenters. The number of hydrogen-bond donors (Lipinski definition) is 0. The van der Waals surface area contributed by atoms with E-state index in [0.717, 1.165) is 30.9 Å². The predicted octanol–water partition coefficient (Wildman–Crippen LogP) is 6.06. The van der Waals surface area contributed by atoms with Gasteiger partial charge in [0.15, 0.2) is 0 Å². The zero-order valence-corrected chi connectivity index (χ0v) is 25.1. The molecule has 4 nitrogen and oxygen atoms in total. The van der Waals surface area contributed by atoms with E-state index in [4.69, 9.17) is 13.5 Å². The molecule has 0 amide bonds. The SMILES string of the molecule is C[O-].C[O-].O=C([O][Ti+2][CH]1C2=C(CCCC2)C2=C1CCCC2)C(c1ccccc1)(c1ccccc1)c1ccccc1. The zero-order valence-electron chi connectivity index (χ0n) is 23.5. The number of carbonyl (C=O) groups excluding carboxylic acids is 1. The third-order valence-corrected chi connectivity index (χ3v) is 10.2. The molecule has 0 N–H and O–H groups in total. The Hall–Kier alpha value is -2.76. The van der Waals surface area contributed by atoms with E-state index in [0.29, 0.717) is 4.22 Å². The first-order valence-corrected chi connectivity index (χ1v) is 15.7. The Morgan fingerprint density at radius 2 is 0.975 bits per heavy atom. The van der Waals surface area contributed by atoms with Gasteiger partial charge in [-0.2, -0.15) is 14.2 Å².